The zero-order valence-corrected chi connectivity index (χ0v) is 18.9. The molecule has 0 aliphatic carbocycles. The standard InChI is InChI=1S/C26H32N2O4/c1-3-21(28-15-5-4-6-16-28)25(30)20-11-13-22(24-19(20)12-14-23(29)27-24)32-26(31)18-9-7-17(2)8-10-18/h7-11,13,21,25,30H,3-6,12,14-16H2,1-2H3,(H,27,29). The van der Waals surface area contributed by atoms with E-state index >= 15 is 0 Å². The van der Waals surface area contributed by atoms with Crippen LogP contribution in [0.4, 0.5) is 5.69 Å². The monoisotopic (exact) mass is 436 g/mol. The van der Waals surface area contributed by atoms with E-state index in [0.717, 1.165) is 49.0 Å². The van der Waals surface area contributed by atoms with Gasteiger partial charge < -0.3 is 15.2 Å². The van der Waals surface area contributed by atoms with Crippen molar-refractivity contribution in [1.29, 1.82) is 0 Å². The van der Waals surface area contributed by atoms with Crippen molar-refractivity contribution < 1.29 is 19.4 Å². The maximum absolute atomic E-state index is 12.7. The molecule has 0 aromatic heterocycles. The lowest BCUT2D eigenvalue weighted by atomic mass is 9.89. The zero-order chi connectivity index (χ0) is 22.7. The van der Waals surface area contributed by atoms with Gasteiger partial charge in [0.1, 0.15) is 0 Å². The quantitative estimate of drug-likeness (QED) is 0.518. The van der Waals surface area contributed by atoms with Gasteiger partial charge in [0.2, 0.25) is 5.91 Å². The van der Waals surface area contributed by atoms with Gasteiger partial charge in [0, 0.05) is 12.5 Å². The average molecular weight is 437 g/mol. The molecule has 2 aromatic rings. The van der Waals surface area contributed by atoms with Gasteiger partial charge in [-0.2, -0.15) is 0 Å². The van der Waals surface area contributed by atoms with E-state index in [4.69, 9.17) is 4.74 Å². The number of nitrogens with one attached hydrogen (secondary N) is 1. The number of benzene rings is 2. The number of hydrogen-bond acceptors (Lipinski definition) is 5. The fourth-order valence-electron chi connectivity index (χ4n) is 4.84. The summed E-state index contributed by atoms with van der Waals surface area (Å²) in [7, 11) is 0. The Kier molecular flexibility index (Phi) is 6.92. The predicted molar refractivity (Wildman–Crippen MR) is 124 cm³/mol. The van der Waals surface area contributed by atoms with Crippen molar-refractivity contribution in [2.24, 2.45) is 0 Å². The van der Waals surface area contributed by atoms with E-state index in [1.54, 1.807) is 18.2 Å². The molecule has 1 amide bonds. The molecule has 2 aliphatic rings. The number of carbonyl (C=O) groups excluding carboxylic acids is 2. The summed E-state index contributed by atoms with van der Waals surface area (Å²) < 4.78 is 5.68. The summed E-state index contributed by atoms with van der Waals surface area (Å²) in [6.45, 7) is 6.06. The Morgan fingerprint density at radius 2 is 1.81 bits per heavy atom. The number of aliphatic hydroxyl groups is 1. The molecule has 2 aromatic carbocycles. The smallest absolute Gasteiger partial charge is 0.343 e. The van der Waals surface area contributed by atoms with Crippen molar-refractivity contribution in [1.82, 2.24) is 4.90 Å². The number of carbonyl (C=O) groups is 2. The topological polar surface area (TPSA) is 78.9 Å². The second-order valence-electron chi connectivity index (χ2n) is 8.83. The van der Waals surface area contributed by atoms with Crippen LogP contribution in [0.3, 0.4) is 0 Å². The number of nitrogens with zero attached hydrogens (tertiary/aromatic N) is 1. The van der Waals surface area contributed by atoms with E-state index in [-0.39, 0.29) is 11.9 Å². The van der Waals surface area contributed by atoms with Crippen LogP contribution in [-0.2, 0) is 11.2 Å². The first-order chi connectivity index (χ1) is 15.5. The Balaban J connectivity index is 1.63. The number of aliphatic hydroxyl groups excluding tert-OH is 1. The molecule has 2 N–H and O–H groups in total. The number of amides is 1. The number of ether oxygens (including phenoxy) is 1. The molecule has 0 bridgehead atoms. The Labute approximate surface area is 189 Å². The lowest BCUT2D eigenvalue weighted by Gasteiger charge is -2.38. The maximum atomic E-state index is 12.7. The van der Waals surface area contributed by atoms with Gasteiger partial charge in [-0.05, 0) is 75.0 Å². The van der Waals surface area contributed by atoms with Gasteiger partial charge in [-0.25, -0.2) is 4.79 Å². The molecule has 2 heterocycles. The molecule has 2 aliphatic heterocycles. The second kappa shape index (κ2) is 9.84. The number of esters is 1. The van der Waals surface area contributed by atoms with Gasteiger partial charge in [0.15, 0.2) is 5.75 Å². The van der Waals surface area contributed by atoms with Crippen molar-refractivity contribution in [3.63, 3.8) is 0 Å². The van der Waals surface area contributed by atoms with Gasteiger partial charge in [0.05, 0.1) is 17.4 Å². The Hall–Kier alpha value is -2.70. The van der Waals surface area contributed by atoms with Crippen molar-refractivity contribution in [2.45, 2.75) is 64.5 Å². The summed E-state index contributed by atoms with van der Waals surface area (Å²) in [6.07, 6.45) is 4.60. The van der Waals surface area contributed by atoms with Crippen LogP contribution in [0.5, 0.6) is 5.75 Å². The maximum Gasteiger partial charge on any atom is 0.343 e. The second-order valence-corrected chi connectivity index (χ2v) is 8.83. The molecule has 4 rings (SSSR count). The zero-order valence-electron chi connectivity index (χ0n) is 18.9. The van der Waals surface area contributed by atoms with Crippen LogP contribution in [0, 0.1) is 6.92 Å². The number of fused-ring (bicyclic) bond motifs is 1. The number of anilines is 1. The lowest BCUT2D eigenvalue weighted by molar-refractivity contribution is -0.116. The number of piperidine rings is 1. The molecule has 6 nitrogen and oxygen atoms in total. The van der Waals surface area contributed by atoms with Crippen molar-refractivity contribution in [2.75, 3.05) is 18.4 Å². The molecule has 1 saturated heterocycles. The first kappa shape index (κ1) is 22.5. The van der Waals surface area contributed by atoms with E-state index in [1.807, 2.05) is 25.1 Å². The summed E-state index contributed by atoms with van der Waals surface area (Å²) in [5.41, 5.74) is 3.69. The third-order valence-corrected chi connectivity index (χ3v) is 6.63. The first-order valence-electron chi connectivity index (χ1n) is 11.6. The van der Waals surface area contributed by atoms with Crippen molar-refractivity contribution in [3.8, 4) is 5.75 Å². The van der Waals surface area contributed by atoms with Gasteiger partial charge in [-0.3, -0.25) is 9.69 Å². The van der Waals surface area contributed by atoms with Crippen LogP contribution in [0.2, 0.25) is 0 Å². The molecule has 32 heavy (non-hydrogen) atoms. The average Bonchev–Trinajstić information content (AvgIpc) is 2.81. The Bertz CT molecular complexity index is 980. The summed E-state index contributed by atoms with van der Waals surface area (Å²) >= 11 is 0. The largest absolute Gasteiger partial charge is 0.421 e. The van der Waals surface area contributed by atoms with E-state index in [1.165, 1.54) is 6.42 Å². The van der Waals surface area contributed by atoms with E-state index in [9.17, 15) is 14.7 Å². The molecular formula is C26H32N2O4. The molecule has 0 saturated carbocycles. The third kappa shape index (κ3) is 4.71. The van der Waals surface area contributed by atoms with Crippen LogP contribution >= 0.6 is 0 Å². The number of hydrogen-bond donors (Lipinski definition) is 2. The summed E-state index contributed by atoms with van der Waals surface area (Å²) in [5, 5.41) is 14.3. The summed E-state index contributed by atoms with van der Waals surface area (Å²) in [5.74, 6) is -0.263. The molecule has 0 radical (unpaired) electrons. The number of rotatable bonds is 6. The minimum Gasteiger partial charge on any atom is -0.421 e. The fraction of sp³-hybridized carbons (Fsp3) is 0.462. The highest BCUT2D eigenvalue weighted by Crippen LogP contribution is 2.39. The minimum atomic E-state index is -0.663. The molecule has 2 unspecified atom stereocenters. The first-order valence-corrected chi connectivity index (χ1v) is 11.6. The molecule has 0 spiro atoms. The Morgan fingerprint density at radius 1 is 1.09 bits per heavy atom. The fourth-order valence-corrected chi connectivity index (χ4v) is 4.84. The van der Waals surface area contributed by atoms with E-state index < -0.39 is 12.1 Å². The minimum absolute atomic E-state index is 0.0259. The van der Waals surface area contributed by atoms with Gasteiger partial charge >= 0.3 is 5.97 Å². The van der Waals surface area contributed by atoms with Crippen molar-refractivity contribution in [3.05, 3.63) is 58.7 Å². The van der Waals surface area contributed by atoms with Crippen LogP contribution in [-0.4, -0.2) is 41.0 Å². The van der Waals surface area contributed by atoms with Gasteiger partial charge in [0.25, 0.3) is 0 Å². The van der Waals surface area contributed by atoms with Crippen LogP contribution in [0.1, 0.15) is 72.2 Å². The predicted octanol–water partition coefficient (Wildman–Crippen LogP) is 4.40. The molecule has 2 atom stereocenters. The van der Waals surface area contributed by atoms with Crippen LogP contribution in [0.15, 0.2) is 36.4 Å². The highest BCUT2D eigenvalue weighted by molar-refractivity contribution is 5.98. The van der Waals surface area contributed by atoms with Crippen molar-refractivity contribution >= 4 is 17.6 Å². The summed E-state index contributed by atoms with van der Waals surface area (Å²) in [6, 6.07) is 10.7. The molecule has 6 heteroatoms. The molecule has 1 fully saturated rings. The SMILES string of the molecule is CCC(C(O)c1ccc(OC(=O)c2ccc(C)cc2)c2c1CCC(=O)N2)N1CCCCC1. The van der Waals surface area contributed by atoms with Crippen LogP contribution < -0.4 is 10.1 Å². The summed E-state index contributed by atoms with van der Waals surface area (Å²) in [4.78, 5) is 27.2. The molecule has 170 valence electrons. The molecular weight excluding hydrogens is 404 g/mol. The highest BCUT2D eigenvalue weighted by Gasteiger charge is 2.32. The number of aryl methyl sites for hydroxylation is 1. The van der Waals surface area contributed by atoms with E-state index in [0.29, 0.717) is 29.8 Å². The van der Waals surface area contributed by atoms with Crippen LogP contribution in [0.25, 0.3) is 0 Å². The third-order valence-electron chi connectivity index (χ3n) is 6.63. The number of likely N-dealkylation sites (tertiary alicyclic amines) is 1. The lowest BCUT2D eigenvalue weighted by Crippen LogP contribution is -2.42. The highest BCUT2D eigenvalue weighted by atomic mass is 16.5. The van der Waals surface area contributed by atoms with Gasteiger partial charge in [-0.15, -0.1) is 0 Å². The van der Waals surface area contributed by atoms with Gasteiger partial charge in [-0.1, -0.05) is 37.1 Å². The normalized spacial score (nSPS) is 18.4. The Morgan fingerprint density at radius 3 is 2.50 bits per heavy atom. The van der Waals surface area contributed by atoms with E-state index in [2.05, 4.69) is 17.1 Å².